The van der Waals surface area contributed by atoms with Crippen LogP contribution in [0.15, 0.2) is 64.3 Å². The number of Topliss-reactive ketones (excluding diaryl/α,β-unsaturated/α-hetero) is 1. The number of nitro groups is 1. The number of esters is 1. The van der Waals surface area contributed by atoms with Crippen molar-refractivity contribution in [2.24, 2.45) is 5.92 Å². The molecule has 0 unspecified atom stereocenters. The summed E-state index contributed by atoms with van der Waals surface area (Å²) in [6.07, 6.45) is 0.971. The highest BCUT2D eigenvalue weighted by atomic mass is 32.1. The molecule has 7 nitrogen and oxygen atoms in total. The van der Waals surface area contributed by atoms with Gasteiger partial charge in [-0.3, -0.25) is 14.9 Å². The summed E-state index contributed by atoms with van der Waals surface area (Å²) in [5.74, 6) is -1.06. The number of hydrogen-bond donors (Lipinski definition) is 1. The van der Waals surface area contributed by atoms with Crippen molar-refractivity contribution in [3.05, 3.63) is 84.9 Å². The maximum absolute atomic E-state index is 13.5. The number of nitro benzene ring substituents is 1. The number of nitrogens with one attached hydrogen (secondary N) is 1. The summed E-state index contributed by atoms with van der Waals surface area (Å²) < 4.78 is 5.53. The Balaban J connectivity index is 1.80. The highest BCUT2D eigenvalue weighted by Crippen LogP contribution is 2.46. The molecular formula is C25H26N2O5S. The molecule has 0 radical (unpaired) electrons. The van der Waals surface area contributed by atoms with Crippen LogP contribution in [0.4, 0.5) is 5.69 Å². The lowest BCUT2D eigenvalue weighted by atomic mass is 9.72. The molecule has 1 N–H and O–H groups in total. The van der Waals surface area contributed by atoms with Gasteiger partial charge in [-0.25, -0.2) is 4.79 Å². The van der Waals surface area contributed by atoms with Crippen LogP contribution in [0.1, 0.15) is 55.9 Å². The van der Waals surface area contributed by atoms with Gasteiger partial charge in [-0.15, -0.1) is 11.3 Å². The fraction of sp³-hybridized carbons (Fsp3) is 0.360. The summed E-state index contributed by atoms with van der Waals surface area (Å²) in [5, 5.41) is 16.7. The lowest BCUT2D eigenvalue weighted by molar-refractivity contribution is -0.384. The highest BCUT2D eigenvalue weighted by molar-refractivity contribution is 7.10. The minimum absolute atomic E-state index is 0.0553. The van der Waals surface area contributed by atoms with Crippen molar-refractivity contribution in [1.29, 1.82) is 0 Å². The molecular weight excluding hydrogens is 440 g/mol. The van der Waals surface area contributed by atoms with E-state index in [1.807, 2.05) is 31.4 Å². The number of nitrogens with zero attached hydrogens (tertiary/aromatic N) is 1. The number of carbonyl (C=O) groups excluding carboxylic acids is 2. The van der Waals surface area contributed by atoms with Crippen LogP contribution in [-0.2, 0) is 14.3 Å². The van der Waals surface area contributed by atoms with E-state index < -0.39 is 16.8 Å². The number of ketones is 1. The Morgan fingerprint density at radius 1 is 1.27 bits per heavy atom. The third-order valence-electron chi connectivity index (χ3n) is 5.96. The molecule has 2 aliphatic rings. The van der Waals surface area contributed by atoms with Crippen molar-refractivity contribution < 1.29 is 19.2 Å². The maximum atomic E-state index is 13.5. The minimum Gasteiger partial charge on any atom is -0.462 e. The van der Waals surface area contributed by atoms with Crippen LogP contribution in [-0.4, -0.2) is 23.3 Å². The molecule has 0 saturated carbocycles. The van der Waals surface area contributed by atoms with E-state index in [4.69, 9.17) is 4.74 Å². The van der Waals surface area contributed by atoms with Crippen LogP contribution in [0.2, 0.25) is 0 Å². The quantitative estimate of drug-likeness (QED) is 0.356. The first-order chi connectivity index (χ1) is 15.8. The molecule has 1 aliphatic carbocycles. The summed E-state index contributed by atoms with van der Waals surface area (Å²) in [6.45, 7) is 5.93. The fourth-order valence-corrected chi connectivity index (χ4v) is 5.34. The molecule has 4 rings (SSSR count). The van der Waals surface area contributed by atoms with E-state index in [9.17, 15) is 19.7 Å². The monoisotopic (exact) mass is 466 g/mol. The largest absolute Gasteiger partial charge is 0.462 e. The summed E-state index contributed by atoms with van der Waals surface area (Å²) >= 11 is 1.63. The van der Waals surface area contributed by atoms with Gasteiger partial charge in [0.25, 0.3) is 5.69 Å². The van der Waals surface area contributed by atoms with E-state index in [-0.39, 0.29) is 29.9 Å². The lowest BCUT2D eigenvalue weighted by Gasteiger charge is -2.36. The smallest absolute Gasteiger partial charge is 0.336 e. The summed E-state index contributed by atoms with van der Waals surface area (Å²) in [6, 6.07) is 10.2. The second-order valence-corrected chi connectivity index (χ2v) is 9.86. The first-order valence-corrected chi connectivity index (χ1v) is 11.8. The first-order valence-electron chi connectivity index (χ1n) is 10.9. The van der Waals surface area contributed by atoms with Gasteiger partial charge in [-0.05, 0) is 36.3 Å². The van der Waals surface area contributed by atoms with Crippen LogP contribution in [0, 0.1) is 16.0 Å². The van der Waals surface area contributed by atoms with Crippen molar-refractivity contribution in [3.63, 3.8) is 0 Å². The van der Waals surface area contributed by atoms with Crippen LogP contribution in [0.5, 0.6) is 0 Å². The van der Waals surface area contributed by atoms with Gasteiger partial charge in [0.05, 0.1) is 17.1 Å². The third-order valence-corrected chi connectivity index (χ3v) is 6.99. The molecule has 0 saturated heterocycles. The summed E-state index contributed by atoms with van der Waals surface area (Å²) in [4.78, 5) is 38.7. The molecule has 0 fully saturated rings. The molecule has 1 aromatic carbocycles. The Kier molecular flexibility index (Phi) is 6.47. The molecule has 2 atom stereocenters. The van der Waals surface area contributed by atoms with Gasteiger partial charge in [0.1, 0.15) is 0 Å². The zero-order valence-corrected chi connectivity index (χ0v) is 19.6. The molecule has 8 heteroatoms. The zero-order chi connectivity index (χ0) is 23.7. The van der Waals surface area contributed by atoms with Gasteiger partial charge in [0, 0.05) is 52.2 Å². The average Bonchev–Trinajstić information content (AvgIpc) is 3.31. The maximum Gasteiger partial charge on any atom is 0.336 e. The normalized spacial score (nSPS) is 20.5. The van der Waals surface area contributed by atoms with Gasteiger partial charge < -0.3 is 10.1 Å². The number of thiophene rings is 1. The van der Waals surface area contributed by atoms with Crippen LogP contribution in [0.3, 0.4) is 0 Å². The number of ether oxygens (including phenoxy) is 1. The third kappa shape index (κ3) is 4.61. The molecule has 172 valence electrons. The van der Waals surface area contributed by atoms with Gasteiger partial charge in [0.15, 0.2) is 5.78 Å². The molecule has 1 aromatic heterocycles. The van der Waals surface area contributed by atoms with Gasteiger partial charge in [-0.1, -0.05) is 32.0 Å². The van der Waals surface area contributed by atoms with E-state index >= 15 is 0 Å². The van der Waals surface area contributed by atoms with Crippen LogP contribution < -0.4 is 5.32 Å². The summed E-state index contributed by atoms with van der Waals surface area (Å²) in [5.41, 5.74) is 2.68. The lowest BCUT2D eigenvalue weighted by Crippen LogP contribution is -2.36. The number of hydrogen-bond acceptors (Lipinski definition) is 7. The molecule has 2 aromatic rings. The highest BCUT2D eigenvalue weighted by Gasteiger charge is 2.42. The molecule has 0 amide bonds. The van der Waals surface area contributed by atoms with Crippen molar-refractivity contribution in [2.45, 2.75) is 45.4 Å². The Bertz CT molecular complexity index is 1160. The van der Waals surface area contributed by atoms with Gasteiger partial charge >= 0.3 is 5.97 Å². The van der Waals surface area contributed by atoms with Crippen LogP contribution in [0.25, 0.3) is 0 Å². The van der Waals surface area contributed by atoms with Gasteiger partial charge in [-0.2, -0.15) is 0 Å². The predicted molar refractivity (Wildman–Crippen MR) is 126 cm³/mol. The molecule has 0 spiro atoms. The van der Waals surface area contributed by atoms with E-state index in [1.54, 1.807) is 30.4 Å². The topological polar surface area (TPSA) is 98.5 Å². The Hall–Kier alpha value is -3.26. The minimum atomic E-state index is -0.711. The molecule has 2 heterocycles. The van der Waals surface area contributed by atoms with E-state index in [0.29, 0.717) is 35.2 Å². The number of carbonyl (C=O) groups is 2. The molecule has 1 aliphatic heterocycles. The van der Waals surface area contributed by atoms with Gasteiger partial charge in [0.2, 0.25) is 0 Å². The zero-order valence-electron chi connectivity index (χ0n) is 18.8. The standard InChI is InChI=1S/C25H26N2O5S/c1-14(2)13-32-25(29)22-15(3)26-19-11-17(21-8-5-9-33-21)12-20(28)24(19)23(22)16-6-4-7-18(10-16)27(30)31/h4-10,14,17,23,26H,11-13H2,1-3H3/t17-,23+/m0/s1. The first kappa shape index (κ1) is 22.9. The number of allylic oxidation sites excluding steroid dienone is 3. The summed E-state index contributed by atoms with van der Waals surface area (Å²) in [7, 11) is 0. The fourth-order valence-electron chi connectivity index (χ4n) is 4.51. The van der Waals surface area contributed by atoms with E-state index in [2.05, 4.69) is 5.32 Å². The van der Waals surface area contributed by atoms with Crippen molar-refractivity contribution in [3.8, 4) is 0 Å². The SMILES string of the molecule is CC1=C(C(=O)OCC(C)C)[C@@H](c2cccc([N+](=O)[O-])c2)C2=C(C[C@H](c3cccs3)CC2=O)N1. The van der Waals surface area contributed by atoms with Crippen molar-refractivity contribution >= 4 is 28.8 Å². The van der Waals surface area contributed by atoms with Crippen LogP contribution >= 0.6 is 11.3 Å². The predicted octanol–water partition coefficient (Wildman–Crippen LogP) is 5.22. The van der Waals surface area contributed by atoms with Crippen molar-refractivity contribution in [2.75, 3.05) is 6.61 Å². The number of dihydropyridines is 1. The Morgan fingerprint density at radius 3 is 2.73 bits per heavy atom. The number of benzene rings is 1. The molecule has 0 bridgehead atoms. The number of non-ortho nitro benzene ring substituents is 1. The van der Waals surface area contributed by atoms with E-state index in [1.165, 1.54) is 12.1 Å². The Labute approximate surface area is 196 Å². The number of rotatable bonds is 6. The second-order valence-electron chi connectivity index (χ2n) is 8.88. The van der Waals surface area contributed by atoms with Crippen molar-refractivity contribution in [1.82, 2.24) is 5.32 Å². The second kappa shape index (κ2) is 9.31. The average molecular weight is 467 g/mol. The molecule has 33 heavy (non-hydrogen) atoms. The van der Waals surface area contributed by atoms with E-state index in [0.717, 1.165) is 10.6 Å². The Morgan fingerprint density at radius 2 is 2.06 bits per heavy atom.